The van der Waals surface area contributed by atoms with Gasteiger partial charge in [-0.3, -0.25) is 0 Å². The molecule has 3 atom stereocenters. The van der Waals surface area contributed by atoms with E-state index in [2.05, 4.69) is 35.3 Å². The summed E-state index contributed by atoms with van der Waals surface area (Å²) in [7, 11) is 1.76. The smallest absolute Gasteiger partial charge is 0.142 e. The van der Waals surface area contributed by atoms with E-state index in [9.17, 15) is 0 Å². The van der Waals surface area contributed by atoms with Gasteiger partial charge in [0.25, 0.3) is 0 Å². The molecule has 2 fully saturated rings. The first-order valence-electron chi connectivity index (χ1n) is 9.03. The normalized spacial score (nSPS) is 26.3. The second-order valence-electron chi connectivity index (χ2n) is 6.76. The Hall–Kier alpha value is -1.26. The van der Waals surface area contributed by atoms with Crippen molar-refractivity contribution < 1.29 is 9.47 Å². The van der Waals surface area contributed by atoms with Gasteiger partial charge in [-0.2, -0.15) is 0 Å². The van der Waals surface area contributed by atoms with Gasteiger partial charge in [0.1, 0.15) is 5.75 Å². The van der Waals surface area contributed by atoms with E-state index in [1.54, 1.807) is 7.11 Å². The summed E-state index contributed by atoms with van der Waals surface area (Å²) in [6, 6.07) is 9.49. The van der Waals surface area contributed by atoms with E-state index in [1.807, 2.05) is 6.07 Å². The van der Waals surface area contributed by atoms with Crippen LogP contribution in [0.2, 0.25) is 0 Å². The molecule has 2 heterocycles. The summed E-state index contributed by atoms with van der Waals surface area (Å²) in [5.74, 6) is 1.66. The lowest BCUT2D eigenvalue weighted by Gasteiger charge is -2.38. The Bertz CT molecular complexity index is 488. The molecule has 2 aliphatic heterocycles. The maximum Gasteiger partial charge on any atom is 0.142 e. The number of para-hydroxylation sites is 2. The zero-order valence-electron chi connectivity index (χ0n) is 14.5. The highest BCUT2D eigenvalue weighted by Crippen LogP contribution is 2.30. The number of hydrogen-bond donors (Lipinski definition) is 1. The maximum absolute atomic E-state index is 5.58. The summed E-state index contributed by atoms with van der Waals surface area (Å²) in [5, 5.41) is 3.92. The highest BCUT2D eigenvalue weighted by Gasteiger charge is 2.29. The Kier molecular flexibility index (Phi) is 5.79. The molecule has 4 nitrogen and oxygen atoms in total. The van der Waals surface area contributed by atoms with Crippen molar-refractivity contribution in [1.29, 1.82) is 0 Å². The van der Waals surface area contributed by atoms with Crippen LogP contribution in [0, 0.1) is 5.92 Å². The third-order valence-electron chi connectivity index (χ3n) is 5.27. The second kappa shape index (κ2) is 8.02. The Morgan fingerprint density at radius 3 is 2.96 bits per heavy atom. The zero-order chi connectivity index (χ0) is 16.1. The largest absolute Gasteiger partial charge is 0.495 e. The molecule has 1 N–H and O–H groups in total. The number of nitrogens with zero attached hydrogens (tertiary/aromatic N) is 1. The topological polar surface area (TPSA) is 33.7 Å². The number of benzene rings is 1. The molecule has 0 amide bonds. The van der Waals surface area contributed by atoms with Gasteiger partial charge < -0.3 is 19.7 Å². The Labute approximate surface area is 140 Å². The van der Waals surface area contributed by atoms with Crippen LogP contribution in [0.5, 0.6) is 5.75 Å². The predicted molar refractivity (Wildman–Crippen MR) is 94.4 cm³/mol. The van der Waals surface area contributed by atoms with E-state index in [0.717, 1.165) is 32.1 Å². The number of rotatable bonds is 6. The molecule has 0 spiro atoms. The van der Waals surface area contributed by atoms with Gasteiger partial charge in [-0.25, -0.2) is 0 Å². The van der Waals surface area contributed by atoms with Crippen molar-refractivity contribution in [3.63, 3.8) is 0 Å². The molecule has 23 heavy (non-hydrogen) atoms. The Morgan fingerprint density at radius 1 is 1.35 bits per heavy atom. The van der Waals surface area contributed by atoms with Gasteiger partial charge in [-0.1, -0.05) is 19.1 Å². The van der Waals surface area contributed by atoms with Crippen LogP contribution in [0.3, 0.4) is 0 Å². The van der Waals surface area contributed by atoms with Gasteiger partial charge in [0, 0.05) is 31.8 Å². The lowest BCUT2D eigenvalue weighted by molar-refractivity contribution is 0.172. The van der Waals surface area contributed by atoms with E-state index >= 15 is 0 Å². The van der Waals surface area contributed by atoms with E-state index in [1.165, 1.54) is 31.4 Å². The number of hydrogen-bond acceptors (Lipinski definition) is 4. The van der Waals surface area contributed by atoms with Gasteiger partial charge in [0.2, 0.25) is 0 Å². The molecule has 0 bridgehead atoms. The minimum absolute atomic E-state index is 0.555. The molecule has 0 aromatic heterocycles. The van der Waals surface area contributed by atoms with Gasteiger partial charge in [-0.05, 0) is 43.7 Å². The van der Waals surface area contributed by atoms with Crippen LogP contribution >= 0.6 is 0 Å². The molecule has 128 valence electrons. The van der Waals surface area contributed by atoms with Crippen LogP contribution in [0.1, 0.15) is 32.6 Å². The average Bonchev–Trinajstić information content (AvgIpc) is 3.14. The van der Waals surface area contributed by atoms with Crippen LogP contribution in [-0.4, -0.2) is 45.5 Å². The maximum atomic E-state index is 5.58. The van der Waals surface area contributed by atoms with E-state index < -0.39 is 0 Å². The molecule has 3 unspecified atom stereocenters. The summed E-state index contributed by atoms with van der Waals surface area (Å²) in [6.45, 7) is 6.32. The van der Waals surface area contributed by atoms with E-state index in [0.29, 0.717) is 18.0 Å². The molecule has 4 heteroatoms. The zero-order valence-corrected chi connectivity index (χ0v) is 14.5. The highest BCUT2D eigenvalue weighted by atomic mass is 16.5. The standard InChI is InChI=1S/C19H30N2O2/c1-3-17(15-10-12-23-14-15)20-16-7-6-11-21(13-16)18-8-4-5-9-19(18)22-2/h4-5,8-9,15-17,20H,3,6-7,10-14H2,1-2H3. The summed E-state index contributed by atoms with van der Waals surface area (Å²) in [4.78, 5) is 2.47. The number of methoxy groups -OCH3 is 1. The lowest BCUT2D eigenvalue weighted by atomic mass is 9.94. The molecule has 1 aromatic carbocycles. The average molecular weight is 318 g/mol. The van der Waals surface area contributed by atoms with Crippen LogP contribution in [-0.2, 0) is 4.74 Å². The molecule has 0 radical (unpaired) electrons. The monoisotopic (exact) mass is 318 g/mol. The second-order valence-corrected chi connectivity index (χ2v) is 6.76. The molecular weight excluding hydrogens is 288 g/mol. The summed E-state index contributed by atoms with van der Waals surface area (Å²) < 4.78 is 11.1. The SMILES string of the molecule is CCC(NC1CCCN(c2ccccc2OC)C1)C1CCOC1. The molecule has 0 saturated carbocycles. The van der Waals surface area contributed by atoms with Crippen molar-refractivity contribution >= 4 is 5.69 Å². The first kappa shape index (κ1) is 16.6. The van der Waals surface area contributed by atoms with Crippen LogP contribution < -0.4 is 15.0 Å². The van der Waals surface area contributed by atoms with E-state index in [-0.39, 0.29) is 0 Å². The van der Waals surface area contributed by atoms with Crippen LogP contribution in [0.15, 0.2) is 24.3 Å². The van der Waals surface area contributed by atoms with Gasteiger partial charge in [-0.15, -0.1) is 0 Å². The molecule has 0 aliphatic carbocycles. The van der Waals surface area contributed by atoms with Gasteiger partial charge in [0.05, 0.1) is 19.4 Å². The third-order valence-corrected chi connectivity index (χ3v) is 5.27. The summed E-state index contributed by atoms with van der Waals surface area (Å²) in [5.41, 5.74) is 1.22. The summed E-state index contributed by atoms with van der Waals surface area (Å²) in [6.07, 6.45) is 4.87. The number of ether oxygens (including phenoxy) is 2. The fourth-order valence-electron chi connectivity index (χ4n) is 3.98. The van der Waals surface area contributed by atoms with Crippen molar-refractivity contribution in [2.45, 2.75) is 44.7 Å². The fourth-order valence-corrected chi connectivity index (χ4v) is 3.98. The summed E-state index contributed by atoms with van der Waals surface area (Å²) >= 11 is 0. The number of nitrogens with one attached hydrogen (secondary N) is 1. The Balaban J connectivity index is 1.63. The number of piperidine rings is 1. The first-order chi connectivity index (χ1) is 11.3. The Morgan fingerprint density at radius 2 is 2.22 bits per heavy atom. The minimum atomic E-state index is 0.555. The molecule has 2 aliphatic rings. The quantitative estimate of drug-likeness (QED) is 0.874. The highest BCUT2D eigenvalue weighted by molar-refractivity contribution is 5.58. The molecule has 2 saturated heterocycles. The van der Waals surface area contributed by atoms with Crippen LogP contribution in [0.4, 0.5) is 5.69 Å². The van der Waals surface area contributed by atoms with Crippen molar-refractivity contribution in [3.05, 3.63) is 24.3 Å². The van der Waals surface area contributed by atoms with Crippen molar-refractivity contribution in [2.24, 2.45) is 5.92 Å². The number of anilines is 1. The minimum Gasteiger partial charge on any atom is -0.495 e. The van der Waals surface area contributed by atoms with Crippen LogP contribution in [0.25, 0.3) is 0 Å². The van der Waals surface area contributed by atoms with Gasteiger partial charge >= 0.3 is 0 Å². The van der Waals surface area contributed by atoms with Crippen molar-refractivity contribution in [2.75, 3.05) is 38.3 Å². The molecular formula is C19H30N2O2. The third kappa shape index (κ3) is 3.99. The van der Waals surface area contributed by atoms with Gasteiger partial charge in [0.15, 0.2) is 0 Å². The lowest BCUT2D eigenvalue weighted by Crippen LogP contribution is -2.51. The molecule has 3 rings (SSSR count). The van der Waals surface area contributed by atoms with Crippen molar-refractivity contribution in [1.82, 2.24) is 5.32 Å². The fraction of sp³-hybridized carbons (Fsp3) is 0.684. The van der Waals surface area contributed by atoms with E-state index in [4.69, 9.17) is 9.47 Å². The van der Waals surface area contributed by atoms with Crippen molar-refractivity contribution in [3.8, 4) is 5.75 Å². The molecule has 1 aromatic rings. The first-order valence-corrected chi connectivity index (χ1v) is 9.03. The predicted octanol–water partition coefficient (Wildman–Crippen LogP) is 3.07.